The first-order chi connectivity index (χ1) is 26.2. The summed E-state index contributed by atoms with van der Waals surface area (Å²) >= 11 is 1.11. The SMILES string of the molecule is CC(=O)N[C@@H](CO)C(=O)N[C@@H](CCCCN)C(=O)N[C@@H](CC(C)C)C(=O)N[C@@H](CCCN=C(N)N)C(=O)c1nc2ccc(C(=O)NC3CCNCC3)cc2s1. The number of nitrogens with zero attached hydrogens (tertiary/aromatic N) is 2. The van der Waals surface area contributed by atoms with E-state index in [1.807, 2.05) is 13.8 Å². The van der Waals surface area contributed by atoms with E-state index in [1.54, 1.807) is 18.2 Å². The van der Waals surface area contributed by atoms with Gasteiger partial charge in [-0.2, -0.15) is 0 Å². The highest BCUT2D eigenvalue weighted by Crippen LogP contribution is 2.25. The molecule has 19 heteroatoms. The van der Waals surface area contributed by atoms with Gasteiger partial charge in [0.1, 0.15) is 18.1 Å². The number of nitrogens with two attached hydrogens (primary N) is 3. The van der Waals surface area contributed by atoms with Gasteiger partial charge in [0.2, 0.25) is 29.4 Å². The lowest BCUT2D eigenvalue weighted by atomic mass is 10.00. The molecule has 2 heterocycles. The number of aliphatic hydroxyl groups is 1. The van der Waals surface area contributed by atoms with E-state index in [0.717, 1.165) is 37.3 Å². The molecule has 18 nitrogen and oxygen atoms in total. The number of hydrogen-bond donors (Lipinski definition) is 10. The van der Waals surface area contributed by atoms with Crippen LogP contribution in [0.3, 0.4) is 0 Å². The second-order valence-electron chi connectivity index (χ2n) is 14.0. The molecular weight excluding hydrogens is 731 g/mol. The molecule has 5 amide bonds. The van der Waals surface area contributed by atoms with Crippen LogP contribution >= 0.6 is 11.3 Å². The van der Waals surface area contributed by atoms with Crippen molar-refractivity contribution in [2.45, 2.75) is 102 Å². The average Bonchev–Trinajstić information content (AvgIpc) is 3.57. The van der Waals surface area contributed by atoms with Crippen molar-refractivity contribution >= 4 is 62.8 Å². The highest BCUT2D eigenvalue weighted by atomic mass is 32.1. The van der Waals surface area contributed by atoms with Gasteiger partial charge in [-0.3, -0.25) is 33.8 Å². The normalized spacial score (nSPS) is 15.3. The minimum atomic E-state index is -1.28. The van der Waals surface area contributed by atoms with E-state index in [-0.39, 0.29) is 54.6 Å². The number of thiazole rings is 1. The number of ketones is 1. The molecule has 3 rings (SSSR count). The Kier molecular flexibility index (Phi) is 18.4. The Morgan fingerprint density at radius 3 is 2.18 bits per heavy atom. The highest BCUT2D eigenvalue weighted by molar-refractivity contribution is 7.20. The van der Waals surface area contributed by atoms with E-state index in [9.17, 15) is 33.9 Å². The second kappa shape index (κ2) is 22.6. The van der Waals surface area contributed by atoms with Crippen molar-refractivity contribution in [3.05, 3.63) is 28.8 Å². The molecule has 1 aromatic heterocycles. The topological polar surface area (TPSA) is 298 Å². The first-order valence-electron chi connectivity index (χ1n) is 18.7. The third kappa shape index (κ3) is 14.8. The summed E-state index contributed by atoms with van der Waals surface area (Å²) in [5.41, 5.74) is 17.6. The molecule has 0 saturated carbocycles. The number of carbonyl (C=O) groups is 6. The summed E-state index contributed by atoms with van der Waals surface area (Å²) in [6, 6.07) is 0.545. The quantitative estimate of drug-likeness (QED) is 0.0302. The molecule has 55 heavy (non-hydrogen) atoms. The number of guanidine groups is 1. The molecule has 1 aliphatic rings. The number of nitrogens with one attached hydrogen (secondary N) is 6. The van der Waals surface area contributed by atoms with Crippen LogP contribution in [-0.4, -0.2) is 114 Å². The predicted octanol–water partition coefficient (Wildman–Crippen LogP) is -0.859. The molecule has 13 N–H and O–H groups in total. The number of rotatable bonds is 22. The number of carbonyl (C=O) groups excluding carboxylic acids is 6. The van der Waals surface area contributed by atoms with Crippen molar-refractivity contribution in [3.8, 4) is 0 Å². The van der Waals surface area contributed by atoms with E-state index >= 15 is 0 Å². The summed E-state index contributed by atoms with van der Waals surface area (Å²) in [6.07, 6.45) is 3.55. The van der Waals surface area contributed by atoms with E-state index < -0.39 is 60.2 Å². The summed E-state index contributed by atoms with van der Waals surface area (Å²) in [6.45, 7) is 6.45. The first kappa shape index (κ1) is 44.7. The van der Waals surface area contributed by atoms with E-state index in [1.165, 1.54) is 6.92 Å². The van der Waals surface area contributed by atoms with Crippen LogP contribution in [0.2, 0.25) is 0 Å². The Morgan fingerprint density at radius 2 is 1.55 bits per heavy atom. The molecule has 0 unspecified atom stereocenters. The van der Waals surface area contributed by atoms with Gasteiger partial charge in [0, 0.05) is 25.1 Å². The Balaban J connectivity index is 1.83. The van der Waals surface area contributed by atoms with Gasteiger partial charge in [-0.15, -0.1) is 11.3 Å². The van der Waals surface area contributed by atoms with Crippen LogP contribution in [0, 0.1) is 5.92 Å². The minimum absolute atomic E-state index is 0.0682. The van der Waals surface area contributed by atoms with Crippen LogP contribution in [0.1, 0.15) is 92.3 Å². The van der Waals surface area contributed by atoms with Crippen LogP contribution in [0.5, 0.6) is 0 Å². The van der Waals surface area contributed by atoms with Crippen molar-refractivity contribution in [1.82, 2.24) is 36.9 Å². The zero-order valence-electron chi connectivity index (χ0n) is 31.8. The van der Waals surface area contributed by atoms with Crippen LogP contribution in [-0.2, 0) is 19.2 Å². The summed E-state index contributed by atoms with van der Waals surface area (Å²) in [7, 11) is 0. The van der Waals surface area contributed by atoms with Crippen molar-refractivity contribution in [2.75, 3.05) is 32.8 Å². The number of aliphatic imine (C=N–C) groups is 1. The number of benzene rings is 1. The van der Waals surface area contributed by atoms with Gasteiger partial charge in [-0.1, -0.05) is 13.8 Å². The van der Waals surface area contributed by atoms with E-state index in [4.69, 9.17) is 17.2 Å². The Hall–Kier alpha value is -4.72. The molecule has 4 atom stereocenters. The molecule has 1 aliphatic heterocycles. The van der Waals surface area contributed by atoms with Gasteiger partial charge >= 0.3 is 0 Å². The van der Waals surface area contributed by atoms with Gasteiger partial charge in [-0.25, -0.2) is 4.98 Å². The number of aliphatic hydroxyl groups excluding tert-OH is 1. The van der Waals surface area contributed by atoms with Crippen molar-refractivity contribution < 1.29 is 33.9 Å². The van der Waals surface area contributed by atoms with Gasteiger partial charge < -0.3 is 54.2 Å². The summed E-state index contributed by atoms with van der Waals surface area (Å²) in [5, 5.41) is 26.6. The predicted molar refractivity (Wildman–Crippen MR) is 210 cm³/mol. The number of fused-ring (bicyclic) bond motifs is 1. The zero-order chi connectivity index (χ0) is 40.5. The molecule has 2 aromatic rings. The maximum Gasteiger partial charge on any atom is 0.251 e. The van der Waals surface area contributed by atoms with Gasteiger partial charge in [0.05, 0.1) is 22.9 Å². The lowest BCUT2D eigenvalue weighted by Gasteiger charge is -2.27. The largest absolute Gasteiger partial charge is 0.394 e. The number of aromatic nitrogens is 1. The van der Waals surface area contributed by atoms with Crippen LogP contribution in [0.4, 0.5) is 0 Å². The van der Waals surface area contributed by atoms with Crippen LogP contribution < -0.4 is 49.1 Å². The fourth-order valence-corrected chi connectivity index (χ4v) is 7.05. The average molecular weight is 788 g/mol. The fourth-order valence-electron chi connectivity index (χ4n) is 6.05. The minimum Gasteiger partial charge on any atom is -0.394 e. The van der Waals surface area contributed by atoms with Crippen molar-refractivity contribution in [2.24, 2.45) is 28.1 Å². The smallest absolute Gasteiger partial charge is 0.251 e. The molecule has 0 aliphatic carbocycles. The monoisotopic (exact) mass is 787 g/mol. The van der Waals surface area contributed by atoms with Crippen molar-refractivity contribution in [3.63, 3.8) is 0 Å². The fraction of sp³-hybridized carbons (Fsp3) is 0.611. The standard InChI is InChI=1S/C36H57N11O7S/c1-20(2)17-27(46-32(52)26(7-4-5-13-37)45-34(54)28(19-48)42-21(3)49)33(53)44-25(8-6-14-41-36(38)39)30(50)35-47-24-10-9-22(18-29(24)55-35)31(51)43-23-11-15-40-16-12-23/h9-10,18,20,23,25-28,40,48H,4-8,11-17,19,37H2,1-3H3,(H,42,49)(H,43,51)(H,44,53)(H,45,54)(H,46,52)(H4,38,39,41)/t25-,26-,27-,28-/m0/s1. The Labute approximate surface area is 325 Å². The molecule has 304 valence electrons. The van der Waals surface area contributed by atoms with Crippen LogP contribution in [0.25, 0.3) is 10.2 Å². The highest BCUT2D eigenvalue weighted by Gasteiger charge is 2.32. The molecule has 0 spiro atoms. The van der Waals surface area contributed by atoms with Gasteiger partial charge in [0.25, 0.3) is 5.91 Å². The van der Waals surface area contributed by atoms with E-state index in [0.29, 0.717) is 41.6 Å². The number of Topliss-reactive ketones (excluding diaryl/α,β-unsaturated/α-hetero) is 1. The van der Waals surface area contributed by atoms with E-state index in [2.05, 4.69) is 41.9 Å². The molecular formula is C36H57N11O7S. The van der Waals surface area contributed by atoms with Crippen molar-refractivity contribution in [1.29, 1.82) is 0 Å². The maximum atomic E-state index is 14.0. The Bertz CT molecular complexity index is 1660. The third-order valence-electron chi connectivity index (χ3n) is 8.91. The number of amides is 5. The van der Waals surface area contributed by atoms with Gasteiger partial charge in [-0.05, 0) is 95.1 Å². The lowest BCUT2D eigenvalue weighted by molar-refractivity contribution is -0.134. The molecule has 1 fully saturated rings. The first-order valence-corrected chi connectivity index (χ1v) is 19.5. The zero-order valence-corrected chi connectivity index (χ0v) is 32.6. The molecule has 0 bridgehead atoms. The number of hydrogen-bond acceptors (Lipinski definition) is 12. The van der Waals surface area contributed by atoms with Crippen LogP contribution in [0.15, 0.2) is 23.2 Å². The molecule has 0 radical (unpaired) electrons. The molecule has 1 aromatic carbocycles. The maximum absolute atomic E-state index is 14.0. The van der Waals surface area contributed by atoms with Gasteiger partial charge in [0.15, 0.2) is 11.0 Å². The summed E-state index contributed by atoms with van der Waals surface area (Å²) < 4.78 is 0.626. The summed E-state index contributed by atoms with van der Waals surface area (Å²) in [4.78, 5) is 87.6. The third-order valence-corrected chi connectivity index (χ3v) is 9.94. The second-order valence-corrected chi connectivity index (χ2v) is 15.1. The molecule has 1 saturated heterocycles. The number of unbranched alkanes of at least 4 members (excludes halogenated alkanes) is 1. The summed E-state index contributed by atoms with van der Waals surface area (Å²) in [5.74, 6) is -3.46. The Morgan fingerprint density at radius 1 is 0.909 bits per heavy atom. The lowest BCUT2D eigenvalue weighted by Crippen LogP contribution is -2.58. The number of piperidine rings is 1.